The van der Waals surface area contributed by atoms with Crippen molar-refractivity contribution >= 4 is 41.6 Å². The topological polar surface area (TPSA) is 27.7 Å². The van der Waals surface area contributed by atoms with Gasteiger partial charge in [0.2, 0.25) is 0 Å². The molecule has 0 saturated heterocycles. The molecule has 0 bridgehead atoms. The zero-order valence-electron chi connectivity index (χ0n) is 12.6. The Bertz CT molecular complexity index is 738. The summed E-state index contributed by atoms with van der Waals surface area (Å²) in [4.78, 5) is 0. The minimum atomic E-state index is -4.26. The predicted molar refractivity (Wildman–Crippen MR) is 100 cm³/mol. The number of benzene rings is 3. The van der Waals surface area contributed by atoms with Crippen LogP contribution in [0.4, 0.5) is 0 Å². The summed E-state index contributed by atoms with van der Waals surface area (Å²) < 4.78 is 17.2. The SMILES string of the molecule is ClOP(OCl)(Oc1ccccc1)(c1ccccc1)c1ccccc1. The van der Waals surface area contributed by atoms with Crippen molar-refractivity contribution in [1.29, 1.82) is 0 Å². The Hall–Kier alpha value is -1.61. The Labute approximate surface area is 151 Å². The normalized spacial score (nSPS) is 13.0. The van der Waals surface area contributed by atoms with Crippen molar-refractivity contribution in [1.82, 2.24) is 0 Å². The number of halogens is 2. The number of hydrogen-bond donors (Lipinski definition) is 0. The fraction of sp³-hybridized carbons (Fsp3) is 0. The molecule has 0 amide bonds. The molecule has 0 aromatic heterocycles. The molecule has 3 nitrogen and oxygen atoms in total. The van der Waals surface area contributed by atoms with E-state index >= 15 is 0 Å². The van der Waals surface area contributed by atoms with E-state index < -0.39 is 7.28 Å². The number of rotatable bonds is 6. The van der Waals surface area contributed by atoms with Gasteiger partial charge < -0.3 is 0 Å². The molecule has 0 fully saturated rings. The van der Waals surface area contributed by atoms with E-state index in [0.29, 0.717) is 16.4 Å². The van der Waals surface area contributed by atoms with E-state index in [0.717, 1.165) is 0 Å². The van der Waals surface area contributed by atoms with Gasteiger partial charge >= 0.3 is 151 Å². The number of hydrogen-bond acceptors (Lipinski definition) is 3. The van der Waals surface area contributed by atoms with Crippen LogP contribution in [0.15, 0.2) is 91.0 Å². The molecule has 6 heteroatoms. The monoisotopic (exact) mass is 380 g/mol. The molecule has 3 aromatic rings. The summed E-state index contributed by atoms with van der Waals surface area (Å²) in [6, 6.07) is 27.6. The molecular weight excluding hydrogens is 366 g/mol. The van der Waals surface area contributed by atoms with Crippen LogP contribution >= 0.6 is 31.0 Å². The average molecular weight is 381 g/mol. The Kier molecular flexibility index (Phi) is 5.09. The molecular formula is C18H15Cl2O3P. The van der Waals surface area contributed by atoms with Crippen LogP contribution in [0.3, 0.4) is 0 Å². The van der Waals surface area contributed by atoms with Gasteiger partial charge in [-0.25, -0.2) is 0 Å². The molecule has 0 spiro atoms. The van der Waals surface area contributed by atoms with Crippen molar-refractivity contribution < 1.29 is 12.7 Å². The quantitative estimate of drug-likeness (QED) is 0.539. The summed E-state index contributed by atoms with van der Waals surface area (Å²) in [5.41, 5.74) is 0. The first kappa shape index (κ1) is 17.2. The second-order valence-electron chi connectivity index (χ2n) is 5.10. The fourth-order valence-corrected chi connectivity index (χ4v) is 6.66. The molecule has 0 aliphatic heterocycles. The molecule has 24 heavy (non-hydrogen) atoms. The first-order valence-corrected chi connectivity index (χ1v) is 9.85. The maximum atomic E-state index is 6.28. The van der Waals surface area contributed by atoms with Gasteiger partial charge in [-0.2, -0.15) is 0 Å². The average Bonchev–Trinajstić information content (AvgIpc) is 2.69. The fourth-order valence-electron chi connectivity index (χ4n) is 2.50. The molecule has 0 N–H and O–H groups in total. The first-order chi connectivity index (χ1) is 11.7. The summed E-state index contributed by atoms with van der Waals surface area (Å²) in [6.45, 7) is 0. The van der Waals surface area contributed by atoms with Crippen molar-refractivity contribution in [2.24, 2.45) is 0 Å². The molecule has 3 aromatic carbocycles. The second-order valence-corrected chi connectivity index (χ2v) is 9.18. The van der Waals surface area contributed by atoms with E-state index in [1.807, 2.05) is 78.9 Å². The van der Waals surface area contributed by atoms with Gasteiger partial charge in [0.25, 0.3) is 0 Å². The Morgan fingerprint density at radius 2 is 0.917 bits per heavy atom. The van der Waals surface area contributed by atoms with Crippen LogP contribution in [0.2, 0.25) is 0 Å². The van der Waals surface area contributed by atoms with Crippen LogP contribution in [0.5, 0.6) is 5.75 Å². The molecule has 0 saturated carbocycles. The van der Waals surface area contributed by atoms with Crippen LogP contribution in [0.25, 0.3) is 0 Å². The van der Waals surface area contributed by atoms with Crippen molar-refractivity contribution in [3.8, 4) is 5.75 Å². The van der Waals surface area contributed by atoms with Crippen LogP contribution in [-0.2, 0) is 8.15 Å². The van der Waals surface area contributed by atoms with Gasteiger partial charge in [-0.3, -0.25) is 0 Å². The summed E-state index contributed by atoms with van der Waals surface area (Å²) in [5.74, 6) is 0.532. The zero-order valence-corrected chi connectivity index (χ0v) is 15.0. The third-order valence-corrected chi connectivity index (χ3v) is 8.59. The van der Waals surface area contributed by atoms with E-state index in [-0.39, 0.29) is 0 Å². The molecule has 0 heterocycles. The second kappa shape index (κ2) is 7.10. The van der Waals surface area contributed by atoms with Crippen LogP contribution < -0.4 is 15.1 Å². The molecule has 3 rings (SSSR count). The van der Waals surface area contributed by atoms with Gasteiger partial charge in [-0.15, -0.1) is 0 Å². The van der Waals surface area contributed by atoms with Gasteiger partial charge in [-0.1, -0.05) is 0 Å². The molecule has 0 atom stereocenters. The van der Waals surface area contributed by atoms with Gasteiger partial charge in [0.05, 0.1) is 0 Å². The Morgan fingerprint density at radius 1 is 0.542 bits per heavy atom. The Morgan fingerprint density at radius 3 is 1.29 bits per heavy atom. The summed E-state index contributed by atoms with van der Waals surface area (Å²) in [5, 5.41) is 1.23. The Balaban J connectivity index is 2.30. The van der Waals surface area contributed by atoms with E-state index in [9.17, 15) is 0 Å². The van der Waals surface area contributed by atoms with Crippen LogP contribution in [0, 0.1) is 0 Å². The summed E-state index contributed by atoms with van der Waals surface area (Å²) in [7, 11) is -4.26. The molecule has 0 aliphatic carbocycles. The molecule has 0 unspecified atom stereocenters. The molecule has 0 radical (unpaired) electrons. The maximum absolute atomic E-state index is 6.28. The van der Waals surface area contributed by atoms with Gasteiger partial charge in [-0.05, 0) is 0 Å². The van der Waals surface area contributed by atoms with Crippen molar-refractivity contribution in [2.45, 2.75) is 0 Å². The van der Waals surface area contributed by atoms with Gasteiger partial charge in [0.15, 0.2) is 0 Å². The van der Waals surface area contributed by atoms with E-state index in [1.165, 1.54) is 0 Å². The van der Waals surface area contributed by atoms with Crippen LogP contribution in [0.1, 0.15) is 0 Å². The third-order valence-electron chi connectivity index (χ3n) is 3.67. The van der Waals surface area contributed by atoms with Crippen molar-refractivity contribution in [3.63, 3.8) is 0 Å². The first-order valence-electron chi connectivity index (χ1n) is 7.24. The van der Waals surface area contributed by atoms with Crippen LogP contribution in [-0.4, -0.2) is 0 Å². The van der Waals surface area contributed by atoms with Gasteiger partial charge in [0.1, 0.15) is 0 Å². The van der Waals surface area contributed by atoms with Gasteiger partial charge in [0, 0.05) is 0 Å². The summed E-state index contributed by atoms with van der Waals surface area (Å²) in [6.07, 6.45) is 0. The molecule has 124 valence electrons. The van der Waals surface area contributed by atoms with E-state index in [4.69, 9.17) is 36.4 Å². The zero-order chi connectivity index (χ0) is 16.9. The minimum absolute atomic E-state index is 0.532. The summed E-state index contributed by atoms with van der Waals surface area (Å²) >= 11 is 12.0. The predicted octanol–water partition coefficient (Wildman–Crippen LogP) is 5.36. The van der Waals surface area contributed by atoms with Crippen molar-refractivity contribution in [2.75, 3.05) is 0 Å². The molecule has 0 aliphatic rings. The standard InChI is InChI=1S/C18H15Cl2O3P/c19-22-24(23-20,17-12-6-2-7-13-17,18-14-8-3-9-15-18)21-16-10-4-1-5-11-16/h1-15H. The van der Waals surface area contributed by atoms with Crippen molar-refractivity contribution in [3.05, 3.63) is 91.0 Å². The number of para-hydroxylation sites is 1. The van der Waals surface area contributed by atoms with E-state index in [1.54, 1.807) is 12.1 Å². The third kappa shape index (κ3) is 2.79. The van der Waals surface area contributed by atoms with E-state index in [2.05, 4.69) is 0 Å².